The van der Waals surface area contributed by atoms with Crippen molar-refractivity contribution >= 4 is 17.9 Å². The summed E-state index contributed by atoms with van der Waals surface area (Å²) in [4.78, 5) is 25.1. The molecule has 0 radical (unpaired) electrons. The van der Waals surface area contributed by atoms with Crippen LogP contribution < -0.4 is 10.2 Å². The average Bonchev–Trinajstić information content (AvgIpc) is 2.62. The molecule has 1 fully saturated rings. The van der Waals surface area contributed by atoms with Crippen molar-refractivity contribution in [1.29, 1.82) is 0 Å². The standard InChI is InChI=1S/C19H28N2O2/c1-3-15-10-12-21(13-11-15)18-7-4-16(5-8-18)17(14-22)6-9-19(23)20-2/h4-5,7-8,14-15,17H,3,6,9-13H2,1-2H3,(H,20,23). The Hall–Kier alpha value is -1.84. The van der Waals surface area contributed by atoms with Crippen LogP contribution in [0.5, 0.6) is 0 Å². The lowest BCUT2D eigenvalue weighted by atomic mass is 9.93. The maximum Gasteiger partial charge on any atom is 0.219 e. The molecule has 4 nitrogen and oxygen atoms in total. The van der Waals surface area contributed by atoms with Gasteiger partial charge in [0.1, 0.15) is 6.29 Å². The summed E-state index contributed by atoms with van der Waals surface area (Å²) < 4.78 is 0. The van der Waals surface area contributed by atoms with Crippen molar-refractivity contribution in [3.63, 3.8) is 0 Å². The molecule has 0 aliphatic carbocycles. The van der Waals surface area contributed by atoms with Crippen LogP contribution in [0.25, 0.3) is 0 Å². The Labute approximate surface area is 139 Å². The molecule has 0 spiro atoms. The van der Waals surface area contributed by atoms with Gasteiger partial charge in [-0.15, -0.1) is 0 Å². The average molecular weight is 316 g/mol. The summed E-state index contributed by atoms with van der Waals surface area (Å²) in [5.74, 6) is 0.647. The fourth-order valence-electron chi connectivity index (χ4n) is 3.26. The van der Waals surface area contributed by atoms with Crippen molar-refractivity contribution in [3.05, 3.63) is 29.8 Å². The van der Waals surface area contributed by atoms with Gasteiger partial charge in [-0.2, -0.15) is 0 Å². The Balaban J connectivity index is 1.95. The number of carbonyl (C=O) groups excluding carboxylic acids is 2. The zero-order chi connectivity index (χ0) is 16.7. The van der Waals surface area contributed by atoms with Crippen LogP contribution in [0.1, 0.15) is 50.5 Å². The van der Waals surface area contributed by atoms with E-state index in [1.165, 1.54) is 24.9 Å². The predicted octanol–water partition coefficient (Wildman–Crippen LogP) is 3.12. The third kappa shape index (κ3) is 4.81. The van der Waals surface area contributed by atoms with Gasteiger partial charge in [0.2, 0.25) is 5.91 Å². The quantitative estimate of drug-likeness (QED) is 0.786. The number of anilines is 1. The molecule has 1 aromatic carbocycles. The van der Waals surface area contributed by atoms with E-state index >= 15 is 0 Å². The Morgan fingerprint density at radius 1 is 1.30 bits per heavy atom. The predicted molar refractivity (Wildman–Crippen MR) is 93.8 cm³/mol. The summed E-state index contributed by atoms with van der Waals surface area (Å²) in [6.07, 6.45) is 5.70. The summed E-state index contributed by atoms with van der Waals surface area (Å²) >= 11 is 0. The lowest BCUT2D eigenvalue weighted by molar-refractivity contribution is -0.120. The number of benzene rings is 1. The summed E-state index contributed by atoms with van der Waals surface area (Å²) in [5, 5.41) is 2.59. The summed E-state index contributed by atoms with van der Waals surface area (Å²) in [6, 6.07) is 8.28. The van der Waals surface area contributed by atoms with Crippen molar-refractivity contribution in [2.24, 2.45) is 5.92 Å². The molecule has 0 aromatic heterocycles. The number of amides is 1. The highest BCUT2D eigenvalue weighted by Crippen LogP contribution is 2.27. The van der Waals surface area contributed by atoms with Crippen molar-refractivity contribution in [2.75, 3.05) is 25.0 Å². The molecule has 1 unspecified atom stereocenters. The molecule has 1 aromatic rings. The largest absolute Gasteiger partial charge is 0.372 e. The Bertz CT molecular complexity index is 505. The maximum atomic E-state index is 11.3. The molecule has 1 aliphatic heterocycles. The second-order valence-corrected chi connectivity index (χ2v) is 6.38. The number of nitrogens with one attached hydrogen (secondary N) is 1. The second-order valence-electron chi connectivity index (χ2n) is 6.38. The Morgan fingerprint density at radius 3 is 2.48 bits per heavy atom. The molecule has 126 valence electrons. The van der Waals surface area contributed by atoms with Crippen molar-refractivity contribution < 1.29 is 9.59 Å². The third-order valence-corrected chi connectivity index (χ3v) is 5.00. The van der Waals surface area contributed by atoms with Crippen LogP contribution >= 0.6 is 0 Å². The molecule has 1 atom stereocenters. The highest BCUT2D eigenvalue weighted by atomic mass is 16.1. The molecule has 1 N–H and O–H groups in total. The van der Waals surface area contributed by atoms with E-state index in [2.05, 4.69) is 29.3 Å². The molecule has 1 saturated heterocycles. The van der Waals surface area contributed by atoms with Crippen LogP contribution in [0, 0.1) is 5.92 Å². The maximum absolute atomic E-state index is 11.3. The van der Waals surface area contributed by atoms with Crippen LogP contribution in [0.4, 0.5) is 5.69 Å². The van der Waals surface area contributed by atoms with E-state index in [0.717, 1.165) is 30.9 Å². The van der Waals surface area contributed by atoms with Crippen LogP contribution in [-0.4, -0.2) is 32.3 Å². The summed E-state index contributed by atoms with van der Waals surface area (Å²) in [5.41, 5.74) is 2.23. The van der Waals surface area contributed by atoms with Crippen molar-refractivity contribution in [1.82, 2.24) is 5.32 Å². The van der Waals surface area contributed by atoms with E-state index in [4.69, 9.17) is 0 Å². The van der Waals surface area contributed by atoms with Crippen LogP contribution in [0.15, 0.2) is 24.3 Å². The third-order valence-electron chi connectivity index (χ3n) is 5.00. The highest BCUT2D eigenvalue weighted by molar-refractivity contribution is 5.76. The normalized spacial score (nSPS) is 16.9. The number of nitrogens with zero attached hydrogens (tertiary/aromatic N) is 1. The molecule has 0 bridgehead atoms. The van der Waals surface area contributed by atoms with E-state index in [1.54, 1.807) is 7.05 Å². The fraction of sp³-hybridized carbons (Fsp3) is 0.579. The van der Waals surface area contributed by atoms with E-state index in [9.17, 15) is 9.59 Å². The Morgan fingerprint density at radius 2 is 1.96 bits per heavy atom. The van der Waals surface area contributed by atoms with Crippen molar-refractivity contribution in [2.45, 2.75) is 44.9 Å². The first kappa shape index (κ1) is 17.5. The van der Waals surface area contributed by atoms with Gasteiger partial charge in [-0.1, -0.05) is 25.5 Å². The molecule has 1 aliphatic rings. The minimum absolute atomic E-state index is 0.0211. The molecular weight excluding hydrogens is 288 g/mol. The number of hydrogen-bond donors (Lipinski definition) is 1. The first-order valence-corrected chi connectivity index (χ1v) is 8.68. The first-order valence-electron chi connectivity index (χ1n) is 8.68. The number of piperidine rings is 1. The molecule has 4 heteroatoms. The molecule has 23 heavy (non-hydrogen) atoms. The molecule has 0 saturated carbocycles. The highest BCUT2D eigenvalue weighted by Gasteiger charge is 2.18. The van der Waals surface area contributed by atoms with E-state index in [1.807, 2.05) is 12.1 Å². The first-order chi connectivity index (χ1) is 11.2. The van der Waals surface area contributed by atoms with Gasteiger partial charge in [-0.25, -0.2) is 0 Å². The lowest BCUT2D eigenvalue weighted by Crippen LogP contribution is -2.33. The SMILES string of the molecule is CCC1CCN(c2ccc(C(C=O)CCC(=O)NC)cc2)CC1. The summed E-state index contributed by atoms with van der Waals surface area (Å²) in [7, 11) is 1.62. The van der Waals surface area contributed by atoms with Gasteiger partial charge in [-0.3, -0.25) is 4.79 Å². The minimum atomic E-state index is -0.202. The monoisotopic (exact) mass is 316 g/mol. The summed E-state index contributed by atoms with van der Waals surface area (Å²) in [6.45, 7) is 4.50. The van der Waals surface area contributed by atoms with Gasteiger partial charge in [0.15, 0.2) is 0 Å². The fourth-order valence-corrected chi connectivity index (χ4v) is 3.26. The second kappa shape index (κ2) is 8.70. The van der Waals surface area contributed by atoms with Gasteiger partial charge in [0, 0.05) is 38.2 Å². The van der Waals surface area contributed by atoms with Crippen molar-refractivity contribution in [3.8, 4) is 0 Å². The van der Waals surface area contributed by atoms with Gasteiger partial charge < -0.3 is 15.0 Å². The minimum Gasteiger partial charge on any atom is -0.372 e. The number of aldehydes is 1. The molecule has 1 heterocycles. The number of carbonyl (C=O) groups is 2. The zero-order valence-electron chi connectivity index (χ0n) is 14.3. The molecular formula is C19H28N2O2. The van der Waals surface area contributed by atoms with E-state index in [0.29, 0.717) is 12.8 Å². The van der Waals surface area contributed by atoms with E-state index in [-0.39, 0.29) is 11.8 Å². The van der Waals surface area contributed by atoms with Gasteiger partial charge in [0.25, 0.3) is 0 Å². The van der Waals surface area contributed by atoms with Crippen LogP contribution in [0.3, 0.4) is 0 Å². The Kier molecular flexibility index (Phi) is 6.63. The number of rotatable bonds is 7. The van der Waals surface area contributed by atoms with E-state index < -0.39 is 0 Å². The number of hydrogen-bond acceptors (Lipinski definition) is 3. The smallest absolute Gasteiger partial charge is 0.219 e. The van der Waals surface area contributed by atoms with Gasteiger partial charge in [-0.05, 0) is 42.9 Å². The molecule has 1 amide bonds. The van der Waals surface area contributed by atoms with Gasteiger partial charge in [0.05, 0.1) is 0 Å². The van der Waals surface area contributed by atoms with Gasteiger partial charge >= 0.3 is 0 Å². The van der Waals surface area contributed by atoms with Crippen LogP contribution in [-0.2, 0) is 9.59 Å². The zero-order valence-corrected chi connectivity index (χ0v) is 14.3. The van der Waals surface area contributed by atoms with Crippen LogP contribution in [0.2, 0.25) is 0 Å². The topological polar surface area (TPSA) is 49.4 Å². The molecule has 2 rings (SSSR count). The lowest BCUT2D eigenvalue weighted by Gasteiger charge is -2.33.